The summed E-state index contributed by atoms with van der Waals surface area (Å²) in [5.41, 5.74) is 0. The lowest BCUT2D eigenvalue weighted by atomic mass is 10.2. The van der Waals surface area contributed by atoms with Gasteiger partial charge in [0.05, 0.1) is 12.0 Å². The molecule has 1 atom stereocenters. The summed E-state index contributed by atoms with van der Waals surface area (Å²) >= 11 is 0. The summed E-state index contributed by atoms with van der Waals surface area (Å²) in [6, 6.07) is 1.79. The standard InChI is InChI=1S/C7H9F3N2O/c1-5(3-11)4-12-6(13)2-7(8,9)10/h5H,2,4H2,1H3,(H,12,13). The molecule has 0 radical (unpaired) electrons. The Kier molecular flexibility index (Phi) is 4.25. The van der Waals surface area contributed by atoms with E-state index in [0.29, 0.717) is 0 Å². The van der Waals surface area contributed by atoms with Crippen molar-refractivity contribution in [2.75, 3.05) is 6.54 Å². The van der Waals surface area contributed by atoms with Crippen LogP contribution in [0.3, 0.4) is 0 Å². The number of nitriles is 1. The minimum atomic E-state index is -4.49. The molecule has 0 aromatic rings. The third kappa shape index (κ3) is 7.12. The van der Waals surface area contributed by atoms with E-state index in [2.05, 4.69) is 0 Å². The minimum Gasteiger partial charge on any atom is -0.355 e. The number of alkyl halides is 3. The predicted molar refractivity (Wildman–Crippen MR) is 38.5 cm³/mol. The lowest BCUT2D eigenvalue weighted by molar-refractivity contribution is -0.153. The number of carbonyl (C=O) groups excluding carboxylic acids is 1. The molecule has 0 aliphatic carbocycles. The first-order valence-electron chi connectivity index (χ1n) is 3.58. The summed E-state index contributed by atoms with van der Waals surface area (Å²) in [5.74, 6) is -1.58. The van der Waals surface area contributed by atoms with Crippen molar-refractivity contribution in [3.63, 3.8) is 0 Å². The van der Waals surface area contributed by atoms with Crippen molar-refractivity contribution in [3.05, 3.63) is 0 Å². The lowest BCUT2D eigenvalue weighted by Gasteiger charge is -2.07. The van der Waals surface area contributed by atoms with Crippen molar-refractivity contribution >= 4 is 5.91 Å². The van der Waals surface area contributed by atoms with E-state index in [4.69, 9.17) is 5.26 Å². The Bertz CT molecular complexity index is 219. The number of rotatable bonds is 3. The van der Waals surface area contributed by atoms with Gasteiger partial charge in [-0.1, -0.05) is 0 Å². The zero-order valence-corrected chi connectivity index (χ0v) is 6.98. The van der Waals surface area contributed by atoms with Gasteiger partial charge in [0.2, 0.25) is 5.91 Å². The van der Waals surface area contributed by atoms with Crippen LogP contribution in [0.5, 0.6) is 0 Å². The van der Waals surface area contributed by atoms with Crippen LogP contribution in [0.25, 0.3) is 0 Å². The quantitative estimate of drug-likeness (QED) is 0.734. The Morgan fingerprint density at radius 2 is 2.15 bits per heavy atom. The van der Waals surface area contributed by atoms with Crippen molar-refractivity contribution < 1.29 is 18.0 Å². The Morgan fingerprint density at radius 1 is 1.62 bits per heavy atom. The van der Waals surface area contributed by atoms with Crippen LogP contribution in [0.2, 0.25) is 0 Å². The number of halogens is 3. The molecule has 0 saturated heterocycles. The van der Waals surface area contributed by atoms with E-state index < -0.39 is 24.4 Å². The van der Waals surface area contributed by atoms with E-state index in [9.17, 15) is 18.0 Å². The number of hydrogen-bond acceptors (Lipinski definition) is 2. The molecule has 0 aliphatic heterocycles. The second-order valence-electron chi connectivity index (χ2n) is 2.63. The number of nitrogens with one attached hydrogen (secondary N) is 1. The van der Waals surface area contributed by atoms with Gasteiger partial charge in [0.1, 0.15) is 6.42 Å². The summed E-state index contributed by atoms with van der Waals surface area (Å²) in [4.78, 5) is 10.5. The highest BCUT2D eigenvalue weighted by Crippen LogP contribution is 2.18. The summed E-state index contributed by atoms with van der Waals surface area (Å²) in [6.07, 6.45) is -5.98. The Hall–Kier alpha value is -1.25. The molecule has 0 heterocycles. The molecule has 13 heavy (non-hydrogen) atoms. The van der Waals surface area contributed by atoms with E-state index in [1.165, 1.54) is 6.92 Å². The second-order valence-corrected chi connectivity index (χ2v) is 2.63. The molecule has 1 N–H and O–H groups in total. The van der Waals surface area contributed by atoms with Gasteiger partial charge >= 0.3 is 6.18 Å². The van der Waals surface area contributed by atoms with Gasteiger partial charge in [-0.05, 0) is 6.92 Å². The van der Waals surface area contributed by atoms with Gasteiger partial charge in [-0.25, -0.2) is 0 Å². The molecule has 3 nitrogen and oxygen atoms in total. The zero-order valence-electron chi connectivity index (χ0n) is 6.98. The third-order valence-corrected chi connectivity index (χ3v) is 1.19. The highest BCUT2D eigenvalue weighted by Gasteiger charge is 2.30. The van der Waals surface area contributed by atoms with Crippen LogP contribution in [0.15, 0.2) is 0 Å². The van der Waals surface area contributed by atoms with Crippen LogP contribution in [0.4, 0.5) is 13.2 Å². The molecule has 0 aliphatic rings. The molecule has 1 amide bonds. The molecule has 74 valence electrons. The maximum atomic E-state index is 11.6. The first kappa shape index (κ1) is 11.8. The number of hydrogen-bond donors (Lipinski definition) is 1. The third-order valence-electron chi connectivity index (χ3n) is 1.19. The van der Waals surface area contributed by atoms with Crippen LogP contribution in [0, 0.1) is 17.2 Å². The van der Waals surface area contributed by atoms with Crippen molar-refractivity contribution in [3.8, 4) is 6.07 Å². The van der Waals surface area contributed by atoms with Gasteiger partial charge in [0.15, 0.2) is 0 Å². The van der Waals surface area contributed by atoms with Gasteiger partial charge < -0.3 is 5.32 Å². The normalized spacial score (nSPS) is 13.2. The SMILES string of the molecule is CC(C#N)CNC(=O)CC(F)(F)F. The average molecular weight is 194 g/mol. The van der Waals surface area contributed by atoms with Crippen LogP contribution in [-0.4, -0.2) is 18.6 Å². The van der Waals surface area contributed by atoms with Crippen molar-refractivity contribution in [1.29, 1.82) is 5.26 Å². The average Bonchev–Trinajstić information content (AvgIpc) is 1.97. The van der Waals surface area contributed by atoms with E-state index in [0.717, 1.165) is 0 Å². The van der Waals surface area contributed by atoms with E-state index in [1.54, 1.807) is 6.07 Å². The van der Waals surface area contributed by atoms with E-state index >= 15 is 0 Å². The molecule has 0 bridgehead atoms. The molecule has 1 unspecified atom stereocenters. The Labute approximate surface area is 73.5 Å². The van der Waals surface area contributed by atoms with Gasteiger partial charge in [0.25, 0.3) is 0 Å². The predicted octanol–water partition coefficient (Wildman–Crippen LogP) is 1.21. The molecule has 0 saturated carbocycles. The minimum absolute atomic E-state index is 0.0502. The number of amides is 1. The van der Waals surface area contributed by atoms with Crippen LogP contribution >= 0.6 is 0 Å². The van der Waals surface area contributed by atoms with Gasteiger partial charge in [-0.15, -0.1) is 0 Å². The smallest absolute Gasteiger partial charge is 0.355 e. The molecule has 0 rings (SSSR count). The topological polar surface area (TPSA) is 52.9 Å². The molecule has 0 aromatic carbocycles. The molecular weight excluding hydrogens is 185 g/mol. The Morgan fingerprint density at radius 3 is 2.54 bits per heavy atom. The van der Waals surface area contributed by atoms with Crippen molar-refractivity contribution in [2.45, 2.75) is 19.5 Å². The molecule has 0 spiro atoms. The highest BCUT2D eigenvalue weighted by atomic mass is 19.4. The lowest BCUT2D eigenvalue weighted by Crippen LogP contribution is -2.31. The fourth-order valence-corrected chi connectivity index (χ4v) is 0.557. The first-order chi connectivity index (χ1) is 5.85. The van der Waals surface area contributed by atoms with Crippen LogP contribution < -0.4 is 5.32 Å². The fourth-order valence-electron chi connectivity index (χ4n) is 0.557. The van der Waals surface area contributed by atoms with E-state index in [-0.39, 0.29) is 6.54 Å². The van der Waals surface area contributed by atoms with Gasteiger partial charge in [-0.2, -0.15) is 18.4 Å². The molecule has 0 fully saturated rings. The summed E-state index contributed by atoms with van der Waals surface area (Å²) in [6.45, 7) is 1.46. The zero-order chi connectivity index (χ0) is 10.5. The first-order valence-corrected chi connectivity index (χ1v) is 3.58. The largest absolute Gasteiger partial charge is 0.397 e. The maximum absolute atomic E-state index is 11.6. The van der Waals surface area contributed by atoms with E-state index in [1.807, 2.05) is 5.32 Å². The maximum Gasteiger partial charge on any atom is 0.397 e. The summed E-state index contributed by atoms with van der Waals surface area (Å²) in [7, 11) is 0. The van der Waals surface area contributed by atoms with Crippen LogP contribution in [-0.2, 0) is 4.79 Å². The van der Waals surface area contributed by atoms with Crippen LogP contribution in [0.1, 0.15) is 13.3 Å². The fraction of sp³-hybridized carbons (Fsp3) is 0.714. The highest BCUT2D eigenvalue weighted by molar-refractivity contribution is 5.76. The summed E-state index contributed by atoms with van der Waals surface area (Å²) < 4.78 is 34.8. The number of carbonyl (C=O) groups is 1. The molecular formula is C7H9F3N2O. The summed E-state index contributed by atoms with van der Waals surface area (Å²) in [5, 5.41) is 10.3. The monoisotopic (exact) mass is 194 g/mol. The van der Waals surface area contributed by atoms with Crippen molar-refractivity contribution in [1.82, 2.24) is 5.32 Å². The number of nitrogens with zero attached hydrogens (tertiary/aromatic N) is 1. The second kappa shape index (κ2) is 4.70. The molecule has 0 aromatic heterocycles. The van der Waals surface area contributed by atoms with Gasteiger partial charge in [-0.3, -0.25) is 4.79 Å². The Balaban J connectivity index is 3.72. The molecule has 6 heteroatoms. The van der Waals surface area contributed by atoms with Crippen molar-refractivity contribution in [2.24, 2.45) is 5.92 Å². The van der Waals surface area contributed by atoms with Gasteiger partial charge in [0, 0.05) is 6.54 Å².